The van der Waals surface area contributed by atoms with E-state index in [4.69, 9.17) is 0 Å². The van der Waals surface area contributed by atoms with Crippen LogP contribution < -0.4 is 10.9 Å². The number of benzene rings is 1. The Morgan fingerprint density at radius 3 is 2.70 bits per heavy atom. The van der Waals surface area contributed by atoms with E-state index in [0.717, 1.165) is 5.56 Å². The molecule has 3 aromatic rings. The van der Waals surface area contributed by atoms with Crippen LogP contribution in [-0.4, -0.2) is 19.9 Å². The maximum absolute atomic E-state index is 12.8. The van der Waals surface area contributed by atoms with Gasteiger partial charge in [-0.3, -0.25) is 9.78 Å². The molecular formula is C13H10FN5O. The lowest BCUT2D eigenvalue weighted by atomic mass is 10.2. The van der Waals surface area contributed by atoms with Crippen molar-refractivity contribution >= 4 is 17.1 Å². The molecule has 0 unspecified atom stereocenters. The molecule has 0 aliphatic heterocycles. The van der Waals surface area contributed by atoms with E-state index in [9.17, 15) is 9.18 Å². The molecule has 0 spiro atoms. The zero-order valence-corrected chi connectivity index (χ0v) is 10.3. The summed E-state index contributed by atoms with van der Waals surface area (Å²) < 4.78 is 12.8. The lowest BCUT2D eigenvalue weighted by molar-refractivity contribution is 0.627. The standard InChI is InChI=1S/C13H10FN5O/c14-9-3-1-8(2-4-9)7-17-13-18-11-10(12(20)19-13)15-5-6-16-11/h1-6H,7H2,(H2,16,17,18,19,20). The van der Waals surface area contributed by atoms with Gasteiger partial charge in [0.05, 0.1) is 0 Å². The smallest absolute Gasteiger partial charge is 0.280 e. The summed E-state index contributed by atoms with van der Waals surface area (Å²) in [5.41, 5.74) is 0.982. The summed E-state index contributed by atoms with van der Waals surface area (Å²) in [5, 5.41) is 2.96. The Bertz CT molecular complexity index is 800. The second-order valence-corrected chi connectivity index (χ2v) is 4.12. The molecule has 0 fully saturated rings. The Morgan fingerprint density at radius 2 is 1.90 bits per heavy atom. The van der Waals surface area contributed by atoms with Crippen LogP contribution in [0, 0.1) is 5.82 Å². The highest BCUT2D eigenvalue weighted by molar-refractivity contribution is 5.68. The summed E-state index contributed by atoms with van der Waals surface area (Å²) in [7, 11) is 0. The van der Waals surface area contributed by atoms with Crippen molar-refractivity contribution < 1.29 is 4.39 Å². The third-order valence-corrected chi connectivity index (χ3v) is 2.72. The van der Waals surface area contributed by atoms with Crippen molar-refractivity contribution in [1.82, 2.24) is 19.9 Å². The van der Waals surface area contributed by atoms with E-state index in [1.165, 1.54) is 24.5 Å². The first-order valence-corrected chi connectivity index (χ1v) is 5.92. The van der Waals surface area contributed by atoms with Gasteiger partial charge in [-0.05, 0) is 17.7 Å². The van der Waals surface area contributed by atoms with Gasteiger partial charge in [0, 0.05) is 18.9 Å². The fourth-order valence-corrected chi connectivity index (χ4v) is 1.75. The monoisotopic (exact) mass is 271 g/mol. The molecular weight excluding hydrogens is 261 g/mol. The summed E-state index contributed by atoms with van der Waals surface area (Å²) >= 11 is 0. The number of hydrogen-bond donors (Lipinski definition) is 2. The van der Waals surface area contributed by atoms with Gasteiger partial charge in [0.1, 0.15) is 5.82 Å². The number of anilines is 1. The van der Waals surface area contributed by atoms with Crippen LogP contribution in [-0.2, 0) is 6.54 Å². The normalized spacial score (nSPS) is 10.7. The first-order chi connectivity index (χ1) is 9.72. The van der Waals surface area contributed by atoms with Crippen LogP contribution in [0.1, 0.15) is 5.56 Å². The van der Waals surface area contributed by atoms with Crippen LogP contribution in [0.3, 0.4) is 0 Å². The van der Waals surface area contributed by atoms with E-state index >= 15 is 0 Å². The number of fused-ring (bicyclic) bond motifs is 1. The van der Waals surface area contributed by atoms with E-state index in [2.05, 4.69) is 25.3 Å². The van der Waals surface area contributed by atoms with E-state index in [1.807, 2.05) is 0 Å². The predicted molar refractivity (Wildman–Crippen MR) is 71.7 cm³/mol. The Morgan fingerprint density at radius 1 is 1.15 bits per heavy atom. The topological polar surface area (TPSA) is 83.6 Å². The molecule has 0 saturated heterocycles. The number of halogens is 1. The maximum atomic E-state index is 12.8. The van der Waals surface area contributed by atoms with Gasteiger partial charge in [-0.25, -0.2) is 14.4 Å². The van der Waals surface area contributed by atoms with Gasteiger partial charge in [-0.2, -0.15) is 4.98 Å². The predicted octanol–water partition coefficient (Wildman–Crippen LogP) is 1.46. The molecule has 1 aromatic carbocycles. The third-order valence-electron chi connectivity index (χ3n) is 2.72. The Balaban J connectivity index is 1.84. The SMILES string of the molecule is O=c1[nH]c(NCc2ccc(F)cc2)nc2nccnc12. The van der Waals surface area contributed by atoms with Crippen molar-refractivity contribution in [2.45, 2.75) is 6.54 Å². The molecule has 2 N–H and O–H groups in total. The van der Waals surface area contributed by atoms with E-state index in [0.29, 0.717) is 12.5 Å². The molecule has 0 radical (unpaired) electrons. The molecule has 0 bridgehead atoms. The average molecular weight is 271 g/mol. The highest BCUT2D eigenvalue weighted by atomic mass is 19.1. The van der Waals surface area contributed by atoms with Crippen molar-refractivity contribution in [2.24, 2.45) is 0 Å². The first-order valence-electron chi connectivity index (χ1n) is 5.92. The van der Waals surface area contributed by atoms with Gasteiger partial charge < -0.3 is 5.32 Å². The molecule has 0 aliphatic carbocycles. The number of aromatic nitrogens is 4. The average Bonchev–Trinajstić information content (AvgIpc) is 2.47. The molecule has 7 heteroatoms. The zero-order chi connectivity index (χ0) is 13.9. The van der Waals surface area contributed by atoms with Crippen molar-refractivity contribution in [1.29, 1.82) is 0 Å². The van der Waals surface area contributed by atoms with E-state index in [-0.39, 0.29) is 22.5 Å². The molecule has 20 heavy (non-hydrogen) atoms. The molecule has 2 aromatic heterocycles. The summed E-state index contributed by atoms with van der Waals surface area (Å²) in [5.74, 6) is 0.00795. The molecule has 2 heterocycles. The number of nitrogens with zero attached hydrogens (tertiary/aromatic N) is 3. The second kappa shape index (κ2) is 5.04. The highest BCUT2D eigenvalue weighted by Crippen LogP contribution is 2.06. The highest BCUT2D eigenvalue weighted by Gasteiger charge is 2.05. The van der Waals surface area contributed by atoms with Crippen LogP contribution in [0.15, 0.2) is 41.5 Å². The number of aromatic amines is 1. The van der Waals surface area contributed by atoms with Crippen LogP contribution >= 0.6 is 0 Å². The summed E-state index contributed by atoms with van der Waals surface area (Å²) in [4.78, 5) is 26.4. The minimum atomic E-state index is -0.357. The van der Waals surface area contributed by atoms with Crippen LogP contribution in [0.25, 0.3) is 11.2 Å². The largest absolute Gasteiger partial charge is 0.352 e. The van der Waals surface area contributed by atoms with E-state index in [1.54, 1.807) is 12.1 Å². The molecule has 3 rings (SSSR count). The van der Waals surface area contributed by atoms with Gasteiger partial charge in [-0.1, -0.05) is 12.1 Å². The number of nitrogens with one attached hydrogen (secondary N) is 2. The quantitative estimate of drug-likeness (QED) is 0.753. The summed E-state index contributed by atoms with van der Waals surface area (Å²) in [6.07, 6.45) is 2.91. The minimum Gasteiger partial charge on any atom is -0.352 e. The Labute approximate surface area is 112 Å². The molecule has 0 amide bonds. The van der Waals surface area contributed by atoms with Crippen LogP contribution in [0.4, 0.5) is 10.3 Å². The molecule has 0 saturated carbocycles. The first kappa shape index (κ1) is 12.2. The molecule has 100 valence electrons. The third kappa shape index (κ3) is 2.46. The van der Waals surface area contributed by atoms with Gasteiger partial charge in [-0.15, -0.1) is 0 Å². The van der Waals surface area contributed by atoms with Crippen molar-refractivity contribution in [3.8, 4) is 0 Å². The van der Waals surface area contributed by atoms with Gasteiger partial charge in [0.15, 0.2) is 11.2 Å². The lowest BCUT2D eigenvalue weighted by Crippen LogP contribution is -2.14. The summed E-state index contributed by atoms with van der Waals surface area (Å²) in [6, 6.07) is 6.06. The fraction of sp³-hybridized carbons (Fsp3) is 0.0769. The molecule has 0 atom stereocenters. The molecule has 0 aliphatic rings. The number of H-pyrrole nitrogens is 1. The van der Waals surface area contributed by atoms with Gasteiger partial charge in [0.25, 0.3) is 5.56 Å². The van der Waals surface area contributed by atoms with Crippen molar-refractivity contribution in [3.05, 3.63) is 58.4 Å². The van der Waals surface area contributed by atoms with Gasteiger partial charge in [0.2, 0.25) is 5.95 Å². The number of hydrogen-bond acceptors (Lipinski definition) is 5. The lowest BCUT2D eigenvalue weighted by Gasteiger charge is -2.05. The van der Waals surface area contributed by atoms with Gasteiger partial charge >= 0.3 is 0 Å². The Hall–Kier alpha value is -2.83. The van der Waals surface area contributed by atoms with Crippen LogP contribution in [0.2, 0.25) is 0 Å². The van der Waals surface area contributed by atoms with Crippen LogP contribution in [0.5, 0.6) is 0 Å². The zero-order valence-electron chi connectivity index (χ0n) is 10.3. The molecule has 6 nitrogen and oxygen atoms in total. The fourth-order valence-electron chi connectivity index (χ4n) is 1.75. The van der Waals surface area contributed by atoms with Crippen molar-refractivity contribution in [3.63, 3.8) is 0 Å². The second-order valence-electron chi connectivity index (χ2n) is 4.12. The number of rotatable bonds is 3. The minimum absolute atomic E-state index is 0.194. The van der Waals surface area contributed by atoms with E-state index < -0.39 is 0 Å². The van der Waals surface area contributed by atoms with Crippen molar-refractivity contribution in [2.75, 3.05) is 5.32 Å². The Kier molecular flexibility index (Phi) is 3.08. The summed E-state index contributed by atoms with van der Waals surface area (Å²) in [6.45, 7) is 0.412. The maximum Gasteiger partial charge on any atom is 0.280 e.